The van der Waals surface area contributed by atoms with E-state index >= 15 is 0 Å². The van der Waals surface area contributed by atoms with Crippen LogP contribution >= 0.6 is 0 Å². The molecular formula is C24H46O6. The molecule has 0 heterocycles. The zero-order chi connectivity index (χ0) is 23.2. The standard InChI is InChI=1S/C24H46O6/c1-9-13-15-17-27-21(25)23(11-3,29-19(5)6)24(12-4,30-20(7)8)22(26)28-18-16-14-10-2/h19-20H,9-18H2,1-8H3. The van der Waals surface area contributed by atoms with Crippen molar-refractivity contribution < 1.29 is 28.5 Å². The average molecular weight is 431 g/mol. The number of ether oxygens (including phenoxy) is 4. The molecule has 0 rings (SSSR count). The van der Waals surface area contributed by atoms with Gasteiger partial charge in [-0.1, -0.05) is 53.4 Å². The molecule has 178 valence electrons. The molecule has 2 atom stereocenters. The second-order valence-electron chi connectivity index (χ2n) is 8.38. The third-order valence-electron chi connectivity index (χ3n) is 5.14. The van der Waals surface area contributed by atoms with Gasteiger partial charge in [-0.05, 0) is 53.4 Å². The second kappa shape index (κ2) is 14.8. The molecule has 0 saturated carbocycles. The van der Waals surface area contributed by atoms with Crippen LogP contribution in [-0.4, -0.2) is 48.6 Å². The molecule has 30 heavy (non-hydrogen) atoms. The Labute approximate surface area is 184 Å². The molecule has 0 N–H and O–H groups in total. The molecule has 2 unspecified atom stereocenters. The summed E-state index contributed by atoms with van der Waals surface area (Å²) in [5, 5.41) is 0. The van der Waals surface area contributed by atoms with Crippen LogP contribution in [0.1, 0.15) is 107 Å². The Bertz CT molecular complexity index is 446. The Morgan fingerprint density at radius 3 is 1.20 bits per heavy atom. The molecule has 6 nitrogen and oxygen atoms in total. The molecule has 0 saturated heterocycles. The zero-order valence-electron chi connectivity index (χ0n) is 20.7. The molecule has 0 fully saturated rings. The van der Waals surface area contributed by atoms with Gasteiger partial charge in [0.05, 0.1) is 25.4 Å². The predicted octanol–water partition coefficient (Wildman–Crippen LogP) is 5.60. The first kappa shape index (κ1) is 28.9. The van der Waals surface area contributed by atoms with Crippen LogP contribution in [0.2, 0.25) is 0 Å². The Kier molecular flexibility index (Phi) is 14.2. The summed E-state index contributed by atoms with van der Waals surface area (Å²) in [7, 11) is 0. The maximum absolute atomic E-state index is 13.4. The fourth-order valence-electron chi connectivity index (χ4n) is 3.71. The largest absolute Gasteiger partial charge is 0.463 e. The van der Waals surface area contributed by atoms with Crippen LogP contribution in [0.25, 0.3) is 0 Å². The van der Waals surface area contributed by atoms with Gasteiger partial charge in [-0.3, -0.25) is 0 Å². The lowest BCUT2D eigenvalue weighted by atomic mass is 9.77. The lowest BCUT2D eigenvalue weighted by Crippen LogP contribution is -2.68. The highest BCUT2D eigenvalue weighted by molar-refractivity contribution is 5.93. The van der Waals surface area contributed by atoms with Gasteiger partial charge < -0.3 is 18.9 Å². The molecular weight excluding hydrogens is 384 g/mol. The molecule has 0 aliphatic carbocycles. The lowest BCUT2D eigenvalue weighted by Gasteiger charge is -2.46. The Hall–Kier alpha value is -1.14. The quantitative estimate of drug-likeness (QED) is 0.221. The first-order chi connectivity index (χ1) is 14.2. The third-order valence-corrected chi connectivity index (χ3v) is 5.14. The van der Waals surface area contributed by atoms with Gasteiger partial charge in [-0.15, -0.1) is 0 Å². The van der Waals surface area contributed by atoms with E-state index in [0.717, 1.165) is 38.5 Å². The van der Waals surface area contributed by atoms with Crippen LogP contribution in [0.3, 0.4) is 0 Å². The highest BCUT2D eigenvalue weighted by Crippen LogP contribution is 2.40. The van der Waals surface area contributed by atoms with E-state index in [-0.39, 0.29) is 25.0 Å². The SMILES string of the molecule is CCCCCOC(=O)C(CC)(OC(C)C)C(CC)(OC(C)C)C(=O)OCCCCC. The van der Waals surface area contributed by atoms with Crippen molar-refractivity contribution in [1.29, 1.82) is 0 Å². The molecule has 0 spiro atoms. The molecule has 0 bridgehead atoms. The van der Waals surface area contributed by atoms with E-state index in [0.29, 0.717) is 13.2 Å². The fraction of sp³-hybridized carbons (Fsp3) is 0.917. The van der Waals surface area contributed by atoms with Crippen molar-refractivity contribution in [3.05, 3.63) is 0 Å². The number of hydrogen-bond donors (Lipinski definition) is 0. The minimum absolute atomic E-state index is 0.239. The van der Waals surface area contributed by atoms with Crippen LogP contribution in [0.4, 0.5) is 0 Å². The van der Waals surface area contributed by atoms with Crippen molar-refractivity contribution >= 4 is 11.9 Å². The monoisotopic (exact) mass is 430 g/mol. The van der Waals surface area contributed by atoms with E-state index < -0.39 is 23.1 Å². The van der Waals surface area contributed by atoms with Crippen LogP contribution < -0.4 is 0 Å². The maximum Gasteiger partial charge on any atom is 0.342 e. The highest BCUT2D eigenvalue weighted by Gasteiger charge is 2.64. The van der Waals surface area contributed by atoms with Gasteiger partial charge in [0.2, 0.25) is 11.2 Å². The summed E-state index contributed by atoms with van der Waals surface area (Å²) in [4.78, 5) is 26.9. The molecule has 0 aromatic carbocycles. The van der Waals surface area contributed by atoms with Crippen molar-refractivity contribution in [2.75, 3.05) is 13.2 Å². The van der Waals surface area contributed by atoms with Gasteiger partial charge in [0, 0.05) is 0 Å². The average Bonchev–Trinajstić information content (AvgIpc) is 2.70. The van der Waals surface area contributed by atoms with Gasteiger partial charge in [0.1, 0.15) is 0 Å². The summed E-state index contributed by atoms with van der Waals surface area (Å²) in [6, 6.07) is 0. The molecule has 6 heteroatoms. The summed E-state index contributed by atoms with van der Waals surface area (Å²) < 4.78 is 23.7. The van der Waals surface area contributed by atoms with Crippen molar-refractivity contribution in [2.45, 2.75) is 130 Å². The Morgan fingerprint density at radius 2 is 0.967 bits per heavy atom. The lowest BCUT2D eigenvalue weighted by molar-refractivity contribution is -0.252. The summed E-state index contributed by atoms with van der Waals surface area (Å²) in [5.41, 5.74) is -3.15. The minimum Gasteiger partial charge on any atom is -0.463 e. The van der Waals surface area contributed by atoms with Crippen LogP contribution in [0.5, 0.6) is 0 Å². The van der Waals surface area contributed by atoms with E-state index in [9.17, 15) is 9.59 Å². The van der Waals surface area contributed by atoms with E-state index in [1.165, 1.54) is 0 Å². The first-order valence-electron chi connectivity index (χ1n) is 11.9. The molecule has 0 aliphatic heterocycles. The number of esters is 2. The number of rotatable bonds is 17. The molecule has 0 aromatic heterocycles. The van der Waals surface area contributed by atoms with Crippen LogP contribution in [-0.2, 0) is 28.5 Å². The molecule has 0 amide bonds. The van der Waals surface area contributed by atoms with Crippen LogP contribution in [0.15, 0.2) is 0 Å². The number of unbranched alkanes of at least 4 members (excludes halogenated alkanes) is 4. The van der Waals surface area contributed by atoms with Gasteiger partial charge >= 0.3 is 11.9 Å². The van der Waals surface area contributed by atoms with E-state index in [1.807, 2.05) is 41.5 Å². The van der Waals surface area contributed by atoms with E-state index in [2.05, 4.69) is 13.8 Å². The van der Waals surface area contributed by atoms with Gasteiger partial charge in [-0.2, -0.15) is 0 Å². The number of carbonyl (C=O) groups excluding carboxylic acids is 2. The van der Waals surface area contributed by atoms with E-state index in [4.69, 9.17) is 18.9 Å². The summed E-state index contributed by atoms with van der Waals surface area (Å²) in [6.45, 7) is 15.8. The van der Waals surface area contributed by atoms with Gasteiger partial charge in [0.15, 0.2) is 0 Å². The zero-order valence-corrected chi connectivity index (χ0v) is 20.7. The smallest absolute Gasteiger partial charge is 0.342 e. The highest BCUT2D eigenvalue weighted by atomic mass is 16.6. The first-order valence-corrected chi connectivity index (χ1v) is 11.9. The van der Waals surface area contributed by atoms with Crippen molar-refractivity contribution in [3.63, 3.8) is 0 Å². The van der Waals surface area contributed by atoms with E-state index in [1.54, 1.807) is 0 Å². The summed E-state index contributed by atoms with van der Waals surface area (Å²) in [5.74, 6) is -1.11. The van der Waals surface area contributed by atoms with Gasteiger partial charge in [-0.25, -0.2) is 9.59 Å². The topological polar surface area (TPSA) is 71.1 Å². The van der Waals surface area contributed by atoms with Gasteiger partial charge in [0.25, 0.3) is 0 Å². The third kappa shape index (κ3) is 7.84. The number of hydrogen-bond acceptors (Lipinski definition) is 6. The Morgan fingerprint density at radius 1 is 0.633 bits per heavy atom. The van der Waals surface area contributed by atoms with Crippen molar-refractivity contribution in [1.82, 2.24) is 0 Å². The fourth-order valence-corrected chi connectivity index (χ4v) is 3.71. The normalized spacial score (nSPS) is 15.7. The Balaban J connectivity index is 6.10. The van der Waals surface area contributed by atoms with Crippen molar-refractivity contribution in [3.8, 4) is 0 Å². The van der Waals surface area contributed by atoms with Crippen LogP contribution in [0, 0.1) is 0 Å². The molecule has 0 radical (unpaired) electrons. The minimum atomic E-state index is -1.58. The number of carbonyl (C=O) groups is 2. The summed E-state index contributed by atoms with van der Waals surface area (Å²) in [6.07, 6.45) is 5.41. The van der Waals surface area contributed by atoms with Crippen molar-refractivity contribution in [2.24, 2.45) is 0 Å². The second-order valence-corrected chi connectivity index (χ2v) is 8.38. The summed E-state index contributed by atoms with van der Waals surface area (Å²) >= 11 is 0. The molecule has 0 aromatic rings. The maximum atomic E-state index is 13.4. The predicted molar refractivity (Wildman–Crippen MR) is 119 cm³/mol. The molecule has 0 aliphatic rings.